The number of benzene rings is 1. The van der Waals surface area contributed by atoms with E-state index in [1.807, 2.05) is 31.3 Å². The average Bonchev–Trinajstić information content (AvgIpc) is 3.38. The van der Waals surface area contributed by atoms with Gasteiger partial charge in [-0.1, -0.05) is 25.8 Å². The largest absolute Gasteiger partial charge is 0.486 e. The third kappa shape index (κ3) is 4.31. The lowest BCUT2D eigenvalue weighted by Crippen LogP contribution is -2.15. The Balaban J connectivity index is 1.81. The van der Waals surface area contributed by atoms with E-state index in [1.165, 1.54) is 0 Å². The quantitative estimate of drug-likeness (QED) is 0.509. The molecule has 1 aromatic carbocycles. The van der Waals surface area contributed by atoms with Gasteiger partial charge in [0.2, 0.25) is 0 Å². The Kier molecular flexibility index (Phi) is 6.30. The van der Waals surface area contributed by atoms with Gasteiger partial charge in [-0.15, -0.1) is 0 Å². The van der Waals surface area contributed by atoms with Crippen LogP contribution >= 0.6 is 0 Å². The van der Waals surface area contributed by atoms with Gasteiger partial charge in [-0.25, -0.2) is 4.98 Å². The summed E-state index contributed by atoms with van der Waals surface area (Å²) in [5, 5.41) is 0. The summed E-state index contributed by atoms with van der Waals surface area (Å²) in [4.78, 5) is 19.8. The number of amides is 1. The molecule has 2 aromatic heterocycles. The van der Waals surface area contributed by atoms with E-state index in [4.69, 9.17) is 15.2 Å². The molecule has 3 aromatic rings. The summed E-state index contributed by atoms with van der Waals surface area (Å²) in [7, 11) is 0. The van der Waals surface area contributed by atoms with Crippen LogP contribution in [-0.2, 0) is 19.4 Å². The van der Waals surface area contributed by atoms with Gasteiger partial charge in [0.1, 0.15) is 13.2 Å². The molecular formula is C24H30N4O3. The lowest BCUT2D eigenvalue weighted by Gasteiger charge is -2.19. The third-order valence-corrected chi connectivity index (χ3v) is 5.89. The van der Waals surface area contributed by atoms with Crippen molar-refractivity contribution in [3.8, 4) is 22.6 Å². The van der Waals surface area contributed by atoms with Crippen LogP contribution in [0.3, 0.4) is 0 Å². The molecule has 7 heteroatoms. The van der Waals surface area contributed by atoms with Crippen LogP contribution in [0, 0.1) is 6.92 Å². The number of carbonyl (C=O) groups is 1. The Hall–Kier alpha value is -3.22. The summed E-state index contributed by atoms with van der Waals surface area (Å²) < 4.78 is 13.7. The topological polar surface area (TPSA) is 95.2 Å². The Morgan fingerprint density at radius 2 is 2.00 bits per heavy atom. The molecule has 3 N–H and O–H groups in total. The smallest absolute Gasteiger partial charge is 0.251 e. The zero-order valence-electron chi connectivity index (χ0n) is 18.2. The zero-order chi connectivity index (χ0) is 21.8. The van der Waals surface area contributed by atoms with Crippen LogP contribution < -0.4 is 15.2 Å². The van der Waals surface area contributed by atoms with Crippen molar-refractivity contribution in [1.29, 1.82) is 0 Å². The van der Waals surface area contributed by atoms with Gasteiger partial charge in [0, 0.05) is 41.8 Å². The first-order chi connectivity index (χ1) is 15.1. The molecule has 1 amide bonds. The molecule has 7 nitrogen and oxygen atoms in total. The molecule has 0 unspecified atom stereocenters. The second kappa shape index (κ2) is 9.29. The van der Waals surface area contributed by atoms with Gasteiger partial charge in [-0.05, 0) is 37.5 Å². The number of ether oxygens (including phenoxy) is 2. The second-order valence-corrected chi connectivity index (χ2v) is 7.94. The number of unbranched alkanes of at least 4 members (excludes halogenated alkanes) is 2. The number of aromatic nitrogens is 3. The average molecular weight is 423 g/mol. The van der Waals surface area contributed by atoms with Crippen molar-refractivity contribution in [2.24, 2.45) is 5.73 Å². The summed E-state index contributed by atoms with van der Waals surface area (Å²) in [5.74, 6) is 1.04. The maximum absolute atomic E-state index is 12.6. The van der Waals surface area contributed by atoms with Crippen LogP contribution in [0.5, 0.6) is 11.5 Å². The van der Waals surface area contributed by atoms with Crippen LogP contribution in [0.4, 0.5) is 0 Å². The molecule has 0 saturated carbocycles. The minimum atomic E-state index is -0.403. The lowest BCUT2D eigenvalue weighted by molar-refractivity contribution is 0.1000. The molecule has 0 radical (unpaired) electrons. The summed E-state index contributed by atoms with van der Waals surface area (Å²) >= 11 is 0. The van der Waals surface area contributed by atoms with Gasteiger partial charge in [0.15, 0.2) is 11.5 Å². The number of nitrogens with one attached hydrogen (secondary N) is 1. The van der Waals surface area contributed by atoms with E-state index in [9.17, 15) is 4.79 Å². The van der Waals surface area contributed by atoms with Crippen molar-refractivity contribution in [2.75, 3.05) is 13.2 Å². The SMILES string of the molecule is CCCCCc1c(-c2ccc3c(c2)OCCO3)c(C(N)=O)c(C)n1CCc1cnc[nH]1. The number of carbonyl (C=O) groups excluding carboxylic acids is 1. The number of nitrogens with two attached hydrogens (primary N) is 1. The Bertz CT molecular complexity index is 1050. The molecule has 164 valence electrons. The first-order valence-electron chi connectivity index (χ1n) is 11.0. The number of imidazole rings is 1. The van der Waals surface area contributed by atoms with E-state index in [-0.39, 0.29) is 0 Å². The molecule has 0 atom stereocenters. The van der Waals surface area contributed by atoms with Crippen LogP contribution in [0.1, 0.15) is 53.6 Å². The number of hydrogen-bond acceptors (Lipinski definition) is 4. The lowest BCUT2D eigenvalue weighted by atomic mass is 9.97. The summed E-state index contributed by atoms with van der Waals surface area (Å²) in [6, 6.07) is 5.89. The van der Waals surface area contributed by atoms with Crippen LogP contribution in [0.2, 0.25) is 0 Å². The van der Waals surface area contributed by atoms with Crippen LogP contribution in [0.25, 0.3) is 11.1 Å². The van der Waals surface area contributed by atoms with Gasteiger partial charge >= 0.3 is 0 Å². The van der Waals surface area contributed by atoms with Gasteiger partial charge < -0.3 is 24.8 Å². The Labute approximate surface area is 182 Å². The van der Waals surface area contributed by atoms with Crippen LogP contribution in [-0.4, -0.2) is 33.7 Å². The molecule has 0 spiro atoms. The maximum Gasteiger partial charge on any atom is 0.251 e. The molecule has 0 fully saturated rings. The Morgan fingerprint density at radius 3 is 2.71 bits per heavy atom. The number of aromatic amines is 1. The van der Waals surface area contributed by atoms with Crippen molar-refractivity contribution >= 4 is 5.91 Å². The highest BCUT2D eigenvalue weighted by Crippen LogP contribution is 2.39. The van der Waals surface area contributed by atoms with Gasteiger partial charge in [-0.2, -0.15) is 0 Å². The second-order valence-electron chi connectivity index (χ2n) is 7.94. The minimum Gasteiger partial charge on any atom is -0.486 e. The molecule has 0 saturated heterocycles. The number of fused-ring (bicyclic) bond motifs is 1. The number of nitrogens with zero attached hydrogens (tertiary/aromatic N) is 2. The molecule has 1 aliphatic rings. The predicted octanol–water partition coefficient (Wildman–Crippen LogP) is 4.03. The van der Waals surface area contributed by atoms with Crippen molar-refractivity contribution in [3.05, 3.63) is 53.4 Å². The fourth-order valence-electron chi connectivity index (χ4n) is 4.37. The predicted molar refractivity (Wildman–Crippen MR) is 120 cm³/mol. The number of hydrogen-bond donors (Lipinski definition) is 2. The highest BCUT2D eigenvalue weighted by molar-refractivity contribution is 6.02. The Morgan fingerprint density at radius 1 is 1.19 bits per heavy atom. The van der Waals surface area contributed by atoms with E-state index < -0.39 is 5.91 Å². The molecule has 4 rings (SSSR count). The van der Waals surface area contributed by atoms with Gasteiger partial charge in [0.25, 0.3) is 5.91 Å². The summed E-state index contributed by atoms with van der Waals surface area (Å²) in [6.45, 7) is 5.99. The maximum atomic E-state index is 12.6. The molecule has 3 heterocycles. The minimum absolute atomic E-state index is 0.403. The molecule has 31 heavy (non-hydrogen) atoms. The van der Waals surface area contributed by atoms with Gasteiger partial charge in [-0.3, -0.25) is 4.79 Å². The molecule has 1 aliphatic heterocycles. The molecule has 0 aliphatic carbocycles. The van der Waals surface area contributed by atoms with E-state index in [1.54, 1.807) is 6.33 Å². The number of H-pyrrole nitrogens is 1. The fraction of sp³-hybridized carbons (Fsp3) is 0.417. The fourth-order valence-corrected chi connectivity index (χ4v) is 4.37. The first kappa shape index (κ1) is 21.0. The summed E-state index contributed by atoms with van der Waals surface area (Å²) in [6.07, 6.45) is 8.54. The van der Waals surface area contributed by atoms with Crippen LogP contribution in [0.15, 0.2) is 30.7 Å². The third-order valence-electron chi connectivity index (χ3n) is 5.89. The van der Waals surface area contributed by atoms with Crippen molar-refractivity contribution in [1.82, 2.24) is 14.5 Å². The number of rotatable bonds is 9. The molecule has 0 bridgehead atoms. The van der Waals surface area contributed by atoms with E-state index in [2.05, 4.69) is 21.5 Å². The monoisotopic (exact) mass is 422 g/mol. The standard InChI is InChI=1S/C24H30N4O3/c1-3-4-5-6-19-23(17-7-8-20-21(13-17)31-12-11-30-20)22(24(25)29)16(2)28(19)10-9-18-14-26-15-27-18/h7-8,13-15H,3-6,9-12H2,1-2H3,(H2,25,29)(H,26,27). The zero-order valence-corrected chi connectivity index (χ0v) is 18.2. The van der Waals surface area contributed by atoms with Crippen molar-refractivity contribution in [3.63, 3.8) is 0 Å². The molecular weight excluding hydrogens is 392 g/mol. The van der Waals surface area contributed by atoms with E-state index >= 15 is 0 Å². The van der Waals surface area contributed by atoms with Crippen molar-refractivity contribution < 1.29 is 14.3 Å². The highest BCUT2D eigenvalue weighted by atomic mass is 16.6. The highest BCUT2D eigenvalue weighted by Gasteiger charge is 2.25. The normalized spacial score (nSPS) is 12.8. The summed E-state index contributed by atoms with van der Waals surface area (Å²) in [5.41, 5.74) is 11.5. The number of aryl methyl sites for hydroxylation is 1. The van der Waals surface area contributed by atoms with Gasteiger partial charge in [0.05, 0.1) is 11.9 Å². The first-order valence-corrected chi connectivity index (χ1v) is 11.0. The van der Waals surface area contributed by atoms with Crippen molar-refractivity contribution in [2.45, 2.75) is 52.5 Å². The number of primary amides is 1. The van der Waals surface area contributed by atoms with E-state index in [0.29, 0.717) is 24.5 Å². The van der Waals surface area contributed by atoms with E-state index in [0.717, 1.165) is 72.6 Å².